The molecular weight excluding hydrogens is 369 g/mol. The van der Waals surface area contributed by atoms with Crippen LogP contribution in [0.3, 0.4) is 0 Å². The van der Waals surface area contributed by atoms with Crippen LogP contribution in [0, 0.1) is 0 Å². The van der Waals surface area contributed by atoms with Crippen LogP contribution in [0.4, 0.5) is 0 Å². The monoisotopic (exact) mass is 399 g/mol. The van der Waals surface area contributed by atoms with E-state index in [0.717, 1.165) is 0 Å². The molecule has 1 rings (SSSR count). The van der Waals surface area contributed by atoms with Crippen molar-refractivity contribution in [3.8, 4) is 0 Å². The van der Waals surface area contributed by atoms with Gasteiger partial charge >= 0.3 is 0 Å². The number of halogens is 1. The molecule has 0 spiro atoms. The molecule has 6 heteroatoms. The molecule has 0 heterocycles. The third-order valence-corrected chi connectivity index (χ3v) is 3.34. The van der Waals surface area contributed by atoms with E-state index in [4.69, 9.17) is 15.2 Å². The number of rotatable bonds is 7. The Kier molecular flexibility index (Phi) is 12.6. The number of nitrogens with one attached hydrogen (secondary N) is 1. The molecule has 5 nitrogen and oxygen atoms in total. The molecule has 1 unspecified atom stereocenters. The maximum atomic E-state index is 5.85. The standard InChI is InChI=1S/C14H29N3O2.HI/c1-12(11-18-2)17-14(15)16-9-10-19-13-7-5-3-4-6-8-13;/h12-13H,3-11H2,1-2H3,(H3,15,16,17);1H. The Morgan fingerprint density at radius 1 is 1.30 bits per heavy atom. The highest BCUT2D eigenvalue weighted by atomic mass is 127. The topological polar surface area (TPSA) is 68.9 Å². The van der Waals surface area contributed by atoms with Gasteiger partial charge in [-0.1, -0.05) is 25.7 Å². The first-order chi connectivity index (χ1) is 9.22. The Hall–Kier alpha value is -0.0800. The molecule has 1 saturated carbocycles. The van der Waals surface area contributed by atoms with E-state index in [0.29, 0.717) is 31.8 Å². The number of guanidine groups is 1. The van der Waals surface area contributed by atoms with Crippen molar-refractivity contribution in [1.29, 1.82) is 0 Å². The van der Waals surface area contributed by atoms with Crippen LogP contribution in [-0.2, 0) is 9.47 Å². The molecule has 0 aromatic heterocycles. The average molecular weight is 399 g/mol. The highest BCUT2D eigenvalue weighted by Crippen LogP contribution is 2.19. The molecule has 0 bridgehead atoms. The van der Waals surface area contributed by atoms with Crippen LogP contribution in [-0.4, -0.2) is 45.0 Å². The fraction of sp³-hybridized carbons (Fsp3) is 0.929. The second kappa shape index (κ2) is 12.6. The second-order valence-electron chi connectivity index (χ2n) is 5.25. The number of hydrogen-bond donors (Lipinski definition) is 2. The lowest BCUT2D eigenvalue weighted by molar-refractivity contribution is 0.0487. The lowest BCUT2D eigenvalue weighted by Gasteiger charge is -2.15. The van der Waals surface area contributed by atoms with Gasteiger partial charge in [-0.3, -0.25) is 4.99 Å². The van der Waals surface area contributed by atoms with Crippen molar-refractivity contribution in [3.05, 3.63) is 0 Å². The van der Waals surface area contributed by atoms with Crippen molar-refractivity contribution in [2.45, 2.75) is 57.6 Å². The molecule has 120 valence electrons. The predicted octanol–water partition coefficient (Wildman–Crippen LogP) is 2.28. The minimum absolute atomic E-state index is 0. The van der Waals surface area contributed by atoms with E-state index in [9.17, 15) is 0 Å². The predicted molar refractivity (Wildman–Crippen MR) is 93.8 cm³/mol. The lowest BCUT2D eigenvalue weighted by atomic mass is 10.1. The van der Waals surface area contributed by atoms with Gasteiger partial charge in [-0.2, -0.15) is 0 Å². The molecule has 3 N–H and O–H groups in total. The molecule has 20 heavy (non-hydrogen) atoms. The van der Waals surface area contributed by atoms with E-state index in [1.54, 1.807) is 7.11 Å². The summed E-state index contributed by atoms with van der Waals surface area (Å²) in [5.74, 6) is 0.467. The summed E-state index contributed by atoms with van der Waals surface area (Å²) in [4.78, 5) is 4.26. The number of ether oxygens (including phenoxy) is 2. The molecule has 0 saturated heterocycles. The Balaban J connectivity index is 0.00000361. The minimum atomic E-state index is 0. The third kappa shape index (κ3) is 9.77. The summed E-state index contributed by atoms with van der Waals surface area (Å²) >= 11 is 0. The minimum Gasteiger partial charge on any atom is -0.383 e. The van der Waals surface area contributed by atoms with Gasteiger partial charge < -0.3 is 20.5 Å². The average Bonchev–Trinajstić information content (AvgIpc) is 2.63. The zero-order valence-electron chi connectivity index (χ0n) is 12.8. The SMILES string of the molecule is COCC(C)NC(N)=NCCOC1CCCCCC1.I. The van der Waals surface area contributed by atoms with E-state index in [1.807, 2.05) is 6.92 Å². The van der Waals surface area contributed by atoms with Gasteiger partial charge in [0.15, 0.2) is 5.96 Å². The van der Waals surface area contributed by atoms with Crippen molar-refractivity contribution >= 4 is 29.9 Å². The molecule has 0 aliphatic heterocycles. The molecule has 1 fully saturated rings. The van der Waals surface area contributed by atoms with E-state index < -0.39 is 0 Å². The van der Waals surface area contributed by atoms with Crippen LogP contribution in [0.1, 0.15) is 45.4 Å². The Bertz CT molecular complexity index is 257. The quantitative estimate of drug-likeness (QED) is 0.227. The van der Waals surface area contributed by atoms with E-state index in [-0.39, 0.29) is 30.0 Å². The van der Waals surface area contributed by atoms with Gasteiger partial charge in [0, 0.05) is 13.2 Å². The van der Waals surface area contributed by atoms with Gasteiger partial charge in [0.25, 0.3) is 0 Å². The van der Waals surface area contributed by atoms with E-state index >= 15 is 0 Å². The lowest BCUT2D eigenvalue weighted by Crippen LogP contribution is -2.40. The summed E-state index contributed by atoms with van der Waals surface area (Å²) in [5.41, 5.74) is 5.78. The van der Waals surface area contributed by atoms with Gasteiger partial charge in [-0.25, -0.2) is 0 Å². The summed E-state index contributed by atoms with van der Waals surface area (Å²) in [6.07, 6.45) is 8.13. The number of aliphatic imine (C=N–C) groups is 1. The van der Waals surface area contributed by atoms with Crippen LogP contribution in [0.25, 0.3) is 0 Å². The van der Waals surface area contributed by atoms with Crippen molar-refractivity contribution in [1.82, 2.24) is 5.32 Å². The molecule has 1 aliphatic rings. The molecule has 1 aliphatic carbocycles. The zero-order valence-corrected chi connectivity index (χ0v) is 15.1. The molecule has 0 aromatic rings. The summed E-state index contributed by atoms with van der Waals surface area (Å²) in [6.45, 7) is 3.91. The van der Waals surface area contributed by atoms with Gasteiger partial charge in [0.2, 0.25) is 0 Å². The zero-order chi connectivity index (χ0) is 13.9. The Morgan fingerprint density at radius 2 is 1.95 bits per heavy atom. The molecular formula is C14H30IN3O2. The first-order valence-corrected chi connectivity index (χ1v) is 7.39. The highest BCUT2D eigenvalue weighted by Gasteiger charge is 2.11. The fourth-order valence-electron chi connectivity index (χ4n) is 2.38. The summed E-state index contributed by atoms with van der Waals surface area (Å²) in [5, 5.41) is 3.08. The fourth-order valence-corrected chi connectivity index (χ4v) is 2.38. The van der Waals surface area contributed by atoms with Crippen LogP contribution >= 0.6 is 24.0 Å². The van der Waals surface area contributed by atoms with Gasteiger partial charge in [-0.15, -0.1) is 24.0 Å². The molecule has 0 aromatic carbocycles. The molecule has 0 radical (unpaired) electrons. The van der Waals surface area contributed by atoms with Gasteiger partial charge in [0.05, 0.1) is 25.9 Å². The Morgan fingerprint density at radius 3 is 2.55 bits per heavy atom. The molecule has 0 amide bonds. The van der Waals surface area contributed by atoms with Crippen molar-refractivity contribution in [2.75, 3.05) is 26.9 Å². The summed E-state index contributed by atoms with van der Waals surface area (Å²) < 4.78 is 10.9. The maximum absolute atomic E-state index is 5.85. The van der Waals surface area contributed by atoms with Crippen molar-refractivity contribution in [2.24, 2.45) is 10.7 Å². The van der Waals surface area contributed by atoms with Crippen molar-refractivity contribution in [3.63, 3.8) is 0 Å². The van der Waals surface area contributed by atoms with Crippen LogP contribution in [0.2, 0.25) is 0 Å². The van der Waals surface area contributed by atoms with E-state index in [2.05, 4.69) is 10.3 Å². The first kappa shape index (κ1) is 19.9. The molecule has 1 atom stereocenters. The summed E-state index contributed by atoms with van der Waals surface area (Å²) in [6, 6.07) is 0.177. The smallest absolute Gasteiger partial charge is 0.188 e. The number of nitrogens with two attached hydrogens (primary N) is 1. The second-order valence-corrected chi connectivity index (χ2v) is 5.25. The number of hydrogen-bond acceptors (Lipinski definition) is 3. The van der Waals surface area contributed by atoms with Crippen LogP contribution in [0.5, 0.6) is 0 Å². The van der Waals surface area contributed by atoms with Gasteiger partial charge in [0.1, 0.15) is 0 Å². The van der Waals surface area contributed by atoms with E-state index in [1.165, 1.54) is 38.5 Å². The van der Waals surface area contributed by atoms with Crippen molar-refractivity contribution < 1.29 is 9.47 Å². The third-order valence-electron chi connectivity index (χ3n) is 3.34. The maximum Gasteiger partial charge on any atom is 0.188 e. The number of nitrogens with zero attached hydrogens (tertiary/aromatic N) is 1. The van der Waals surface area contributed by atoms with Crippen LogP contribution in [0.15, 0.2) is 4.99 Å². The Labute approximate surface area is 140 Å². The first-order valence-electron chi connectivity index (χ1n) is 7.39. The summed E-state index contributed by atoms with van der Waals surface area (Å²) in [7, 11) is 1.67. The largest absolute Gasteiger partial charge is 0.383 e. The highest BCUT2D eigenvalue weighted by molar-refractivity contribution is 14.0. The normalized spacial score (nSPS) is 19.0. The number of methoxy groups -OCH3 is 1. The van der Waals surface area contributed by atoms with Crippen LogP contribution < -0.4 is 11.1 Å². The van der Waals surface area contributed by atoms with Gasteiger partial charge in [-0.05, 0) is 19.8 Å².